The second-order valence-electron chi connectivity index (χ2n) is 3.86. The third kappa shape index (κ3) is 2.20. The Morgan fingerprint density at radius 2 is 1.81 bits per heavy atom. The van der Waals surface area contributed by atoms with Gasteiger partial charge in [-0.3, -0.25) is 0 Å². The van der Waals surface area contributed by atoms with Crippen molar-refractivity contribution in [1.29, 1.82) is 0 Å². The lowest BCUT2D eigenvalue weighted by atomic mass is 10.0. The van der Waals surface area contributed by atoms with E-state index in [1.54, 1.807) is 0 Å². The minimum absolute atomic E-state index is 0.128. The Morgan fingerprint density at radius 1 is 1.19 bits per heavy atom. The van der Waals surface area contributed by atoms with E-state index < -0.39 is 11.7 Å². The molecule has 1 aliphatic heterocycles. The maximum atomic E-state index is 12.3. The lowest BCUT2D eigenvalue weighted by Crippen LogP contribution is -2.23. The van der Waals surface area contributed by atoms with Gasteiger partial charge in [0, 0.05) is 12.6 Å². The number of halogens is 3. The van der Waals surface area contributed by atoms with Gasteiger partial charge in [0.2, 0.25) is 0 Å². The molecule has 2 N–H and O–H groups in total. The highest BCUT2D eigenvalue weighted by Gasteiger charge is 2.31. The molecule has 1 aliphatic rings. The van der Waals surface area contributed by atoms with Gasteiger partial charge in [-0.2, -0.15) is 13.2 Å². The summed E-state index contributed by atoms with van der Waals surface area (Å²) in [6, 6.07) is 4.85. The summed E-state index contributed by atoms with van der Waals surface area (Å²) in [6.45, 7) is 0.562. The van der Waals surface area contributed by atoms with Crippen molar-refractivity contribution in [2.45, 2.75) is 24.7 Å². The Labute approximate surface area is 91.2 Å². The monoisotopic (exact) mass is 231 g/mol. The Morgan fingerprint density at radius 3 is 2.25 bits per heavy atom. The Hall–Kier alpha value is -1.07. The van der Waals surface area contributed by atoms with Gasteiger partial charge in [0.1, 0.15) is 0 Å². The topological polar surface area (TPSA) is 35.2 Å². The summed E-state index contributed by atoms with van der Waals surface area (Å²) in [5.41, 5.74) is 5.84. The lowest BCUT2D eigenvalue weighted by molar-refractivity contribution is -0.137. The van der Waals surface area contributed by atoms with Crippen LogP contribution in [0, 0.1) is 0 Å². The average molecular weight is 231 g/mol. The standard InChI is InChI=1S/C11H12F3NO/c12-11(13,14)8-3-1-7(2-4-8)10-9(15)5-6-16-10/h1-4,9-10H,5-6,15H2. The molecule has 2 unspecified atom stereocenters. The molecule has 16 heavy (non-hydrogen) atoms. The van der Waals surface area contributed by atoms with Crippen molar-refractivity contribution in [2.75, 3.05) is 6.61 Å². The van der Waals surface area contributed by atoms with Crippen LogP contribution in [0.15, 0.2) is 24.3 Å². The van der Waals surface area contributed by atoms with E-state index in [2.05, 4.69) is 0 Å². The van der Waals surface area contributed by atoms with Crippen molar-refractivity contribution in [3.05, 3.63) is 35.4 Å². The number of nitrogens with two attached hydrogens (primary N) is 1. The predicted molar refractivity (Wildman–Crippen MR) is 52.7 cm³/mol. The normalized spacial score (nSPS) is 26.0. The van der Waals surface area contributed by atoms with Crippen LogP contribution in [0.5, 0.6) is 0 Å². The molecule has 0 aromatic heterocycles. The molecule has 1 aromatic rings. The molecule has 1 fully saturated rings. The van der Waals surface area contributed by atoms with E-state index in [1.807, 2.05) is 0 Å². The minimum atomic E-state index is -4.29. The van der Waals surface area contributed by atoms with E-state index in [0.717, 1.165) is 18.6 Å². The van der Waals surface area contributed by atoms with Crippen LogP contribution in [0.4, 0.5) is 13.2 Å². The van der Waals surface area contributed by atoms with Gasteiger partial charge in [0.15, 0.2) is 0 Å². The zero-order valence-corrected chi connectivity index (χ0v) is 8.50. The maximum absolute atomic E-state index is 12.3. The first kappa shape index (κ1) is 11.4. The number of alkyl halides is 3. The molecule has 2 atom stereocenters. The SMILES string of the molecule is NC1CCOC1c1ccc(C(F)(F)F)cc1. The quantitative estimate of drug-likeness (QED) is 0.805. The second-order valence-corrected chi connectivity index (χ2v) is 3.86. The first-order valence-electron chi connectivity index (χ1n) is 5.03. The second kappa shape index (κ2) is 4.07. The zero-order chi connectivity index (χ0) is 11.8. The van der Waals surface area contributed by atoms with E-state index in [-0.39, 0.29) is 12.1 Å². The highest BCUT2D eigenvalue weighted by molar-refractivity contribution is 5.27. The van der Waals surface area contributed by atoms with E-state index in [0.29, 0.717) is 12.2 Å². The predicted octanol–water partition coefficient (Wildman–Crippen LogP) is 2.49. The van der Waals surface area contributed by atoms with Crippen molar-refractivity contribution in [1.82, 2.24) is 0 Å². The molecule has 0 spiro atoms. The van der Waals surface area contributed by atoms with Gasteiger partial charge in [-0.15, -0.1) is 0 Å². The van der Waals surface area contributed by atoms with Gasteiger partial charge in [0.25, 0.3) is 0 Å². The van der Waals surface area contributed by atoms with Gasteiger partial charge >= 0.3 is 6.18 Å². The number of benzene rings is 1. The average Bonchev–Trinajstić information content (AvgIpc) is 2.63. The Balaban J connectivity index is 2.19. The van der Waals surface area contributed by atoms with E-state index in [1.165, 1.54) is 12.1 Å². The molecule has 0 saturated carbocycles. The fourth-order valence-corrected chi connectivity index (χ4v) is 1.81. The van der Waals surface area contributed by atoms with Gasteiger partial charge in [-0.1, -0.05) is 12.1 Å². The van der Waals surface area contributed by atoms with E-state index >= 15 is 0 Å². The fraction of sp³-hybridized carbons (Fsp3) is 0.455. The molecule has 0 amide bonds. The van der Waals surface area contributed by atoms with Crippen molar-refractivity contribution in [3.63, 3.8) is 0 Å². The number of rotatable bonds is 1. The molecular formula is C11H12F3NO. The molecule has 0 radical (unpaired) electrons. The molecular weight excluding hydrogens is 219 g/mol. The highest BCUT2D eigenvalue weighted by atomic mass is 19.4. The van der Waals surface area contributed by atoms with Crippen LogP contribution >= 0.6 is 0 Å². The fourth-order valence-electron chi connectivity index (χ4n) is 1.81. The first-order valence-corrected chi connectivity index (χ1v) is 5.03. The van der Waals surface area contributed by atoms with Crippen LogP contribution in [0.3, 0.4) is 0 Å². The van der Waals surface area contributed by atoms with Crippen LogP contribution in [-0.2, 0) is 10.9 Å². The lowest BCUT2D eigenvalue weighted by Gasteiger charge is -2.15. The smallest absolute Gasteiger partial charge is 0.372 e. The van der Waals surface area contributed by atoms with Crippen molar-refractivity contribution in [3.8, 4) is 0 Å². The van der Waals surface area contributed by atoms with E-state index in [4.69, 9.17) is 10.5 Å². The summed E-state index contributed by atoms with van der Waals surface area (Å²) in [5.74, 6) is 0. The summed E-state index contributed by atoms with van der Waals surface area (Å²) >= 11 is 0. The number of ether oxygens (including phenoxy) is 1. The minimum Gasteiger partial charge on any atom is -0.372 e. The first-order chi connectivity index (χ1) is 7.48. The van der Waals surface area contributed by atoms with Gasteiger partial charge < -0.3 is 10.5 Å². The highest BCUT2D eigenvalue weighted by Crippen LogP contribution is 2.32. The van der Waals surface area contributed by atoms with Crippen LogP contribution in [0.25, 0.3) is 0 Å². The third-order valence-electron chi connectivity index (χ3n) is 2.70. The van der Waals surface area contributed by atoms with Crippen LogP contribution < -0.4 is 5.73 Å². The summed E-state index contributed by atoms with van der Waals surface area (Å²) in [5, 5.41) is 0. The van der Waals surface area contributed by atoms with E-state index in [9.17, 15) is 13.2 Å². The maximum Gasteiger partial charge on any atom is 0.416 e. The third-order valence-corrected chi connectivity index (χ3v) is 2.70. The largest absolute Gasteiger partial charge is 0.416 e. The van der Waals surface area contributed by atoms with Gasteiger partial charge in [-0.25, -0.2) is 0 Å². The molecule has 1 heterocycles. The number of hydrogen-bond acceptors (Lipinski definition) is 2. The van der Waals surface area contributed by atoms with Crippen molar-refractivity contribution in [2.24, 2.45) is 5.73 Å². The molecule has 1 saturated heterocycles. The van der Waals surface area contributed by atoms with Crippen molar-refractivity contribution < 1.29 is 17.9 Å². The van der Waals surface area contributed by atoms with Crippen molar-refractivity contribution >= 4 is 0 Å². The molecule has 88 valence electrons. The van der Waals surface area contributed by atoms with Crippen LogP contribution in [0.2, 0.25) is 0 Å². The van der Waals surface area contributed by atoms with Crippen LogP contribution in [0.1, 0.15) is 23.7 Å². The molecule has 2 nitrogen and oxygen atoms in total. The van der Waals surface area contributed by atoms with Gasteiger partial charge in [-0.05, 0) is 24.1 Å². The zero-order valence-electron chi connectivity index (χ0n) is 8.50. The van der Waals surface area contributed by atoms with Crippen LogP contribution in [-0.4, -0.2) is 12.6 Å². The molecule has 5 heteroatoms. The summed E-state index contributed by atoms with van der Waals surface area (Å²) in [7, 11) is 0. The molecule has 0 bridgehead atoms. The van der Waals surface area contributed by atoms with Gasteiger partial charge in [0.05, 0.1) is 11.7 Å². The Kier molecular flexibility index (Phi) is 2.90. The number of hydrogen-bond donors (Lipinski definition) is 1. The Bertz CT molecular complexity index is 360. The molecule has 2 rings (SSSR count). The molecule has 0 aliphatic carbocycles. The molecule has 1 aromatic carbocycles. The summed E-state index contributed by atoms with van der Waals surface area (Å²) in [4.78, 5) is 0. The summed E-state index contributed by atoms with van der Waals surface area (Å²) in [6.07, 6.45) is -3.83. The summed E-state index contributed by atoms with van der Waals surface area (Å²) < 4.78 is 42.3.